The molecule has 2 amide bonds. The molecule has 0 unspecified atom stereocenters. The zero-order valence-electron chi connectivity index (χ0n) is 16.2. The standard InChI is InChI=1S/C19H18Cl2N2O7S/c1-29-13-7-5-12(6-8-13)19(26)23-16(24)11-30-17(25)9-10-22-31(27,28)18-14(20)3-2-4-15(18)21/h2-8,22H,9-11H2,1H3,(H,23,24,26). The summed E-state index contributed by atoms with van der Waals surface area (Å²) in [4.78, 5) is 35.2. The molecule has 2 aromatic rings. The lowest BCUT2D eigenvalue weighted by molar-refractivity contribution is -0.148. The first kappa shape index (κ1) is 24.6. The number of nitrogens with one attached hydrogen (secondary N) is 2. The van der Waals surface area contributed by atoms with Crippen LogP contribution in [0.15, 0.2) is 47.4 Å². The summed E-state index contributed by atoms with van der Waals surface area (Å²) in [5, 5.41) is 1.93. The maximum Gasteiger partial charge on any atom is 0.307 e. The summed E-state index contributed by atoms with van der Waals surface area (Å²) in [6.07, 6.45) is -0.360. The number of halogens is 2. The molecule has 0 radical (unpaired) electrons. The van der Waals surface area contributed by atoms with Crippen LogP contribution in [-0.2, 0) is 24.3 Å². The molecule has 31 heavy (non-hydrogen) atoms. The number of benzene rings is 2. The largest absolute Gasteiger partial charge is 0.497 e. The normalized spacial score (nSPS) is 10.9. The van der Waals surface area contributed by atoms with E-state index >= 15 is 0 Å². The van der Waals surface area contributed by atoms with Crippen molar-refractivity contribution in [3.63, 3.8) is 0 Å². The molecule has 9 nitrogen and oxygen atoms in total. The second-order valence-electron chi connectivity index (χ2n) is 5.97. The van der Waals surface area contributed by atoms with E-state index in [1.54, 1.807) is 12.1 Å². The Morgan fingerprint density at radius 1 is 1.00 bits per heavy atom. The van der Waals surface area contributed by atoms with Gasteiger partial charge < -0.3 is 9.47 Å². The van der Waals surface area contributed by atoms with Gasteiger partial charge >= 0.3 is 5.97 Å². The van der Waals surface area contributed by atoms with E-state index < -0.39 is 34.4 Å². The second-order valence-corrected chi connectivity index (χ2v) is 8.48. The molecule has 0 bridgehead atoms. The number of amides is 2. The number of rotatable bonds is 9. The number of hydrogen-bond donors (Lipinski definition) is 2. The first-order chi connectivity index (χ1) is 14.6. The monoisotopic (exact) mass is 488 g/mol. The Hall–Kier alpha value is -2.66. The summed E-state index contributed by atoms with van der Waals surface area (Å²) in [6, 6.07) is 10.2. The molecule has 0 heterocycles. The summed E-state index contributed by atoms with van der Waals surface area (Å²) in [6.45, 7) is -1.01. The lowest BCUT2D eigenvalue weighted by atomic mass is 10.2. The molecule has 0 atom stereocenters. The molecule has 2 rings (SSSR count). The molecule has 0 aliphatic carbocycles. The molecule has 2 N–H and O–H groups in total. The summed E-state index contributed by atoms with van der Waals surface area (Å²) < 4.78 is 36.4. The van der Waals surface area contributed by atoms with E-state index in [1.807, 2.05) is 0 Å². The molecule has 0 saturated heterocycles. The molecule has 0 saturated carbocycles. The SMILES string of the molecule is COc1ccc(C(=O)NC(=O)COC(=O)CCNS(=O)(=O)c2c(Cl)cccc2Cl)cc1. The Bertz CT molecular complexity index is 1050. The van der Waals surface area contributed by atoms with Gasteiger partial charge in [-0.15, -0.1) is 0 Å². The van der Waals surface area contributed by atoms with Crippen LogP contribution < -0.4 is 14.8 Å². The quantitative estimate of drug-likeness (QED) is 0.517. The van der Waals surface area contributed by atoms with Gasteiger partial charge in [0, 0.05) is 12.1 Å². The van der Waals surface area contributed by atoms with Crippen LogP contribution in [0.5, 0.6) is 5.75 Å². The predicted octanol–water partition coefficient (Wildman–Crippen LogP) is 2.17. The average Bonchev–Trinajstić information content (AvgIpc) is 2.72. The van der Waals surface area contributed by atoms with Gasteiger partial charge in [-0.1, -0.05) is 29.3 Å². The lowest BCUT2D eigenvalue weighted by Gasteiger charge is -2.10. The fourth-order valence-electron chi connectivity index (χ4n) is 2.29. The van der Waals surface area contributed by atoms with Gasteiger partial charge in [0.2, 0.25) is 10.0 Å². The van der Waals surface area contributed by atoms with Crippen molar-refractivity contribution in [1.82, 2.24) is 10.0 Å². The van der Waals surface area contributed by atoms with Gasteiger partial charge in [0.05, 0.1) is 23.6 Å². The van der Waals surface area contributed by atoms with E-state index in [-0.39, 0.29) is 33.5 Å². The Labute approximate surface area is 188 Å². The summed E-state index contributed by atoms with van der Waals surface area (Å²) in [5.41, 5.74) is 0.216. The van der Waals surface area contributed by atoms with Crippen LogP contribution in [0.1, 0.15) is 16.8 Å². The third-order valence-electron chi connectivity index (χ3n) is 3.78. The number of carbonyl (C=O) groups excluding carboxylic acids is 3. The van der Waals surface area contributed by atoms with Crippen molar-refractivity contribution in [2.75, 3.05) is 20.3 Å². The maximum absolute atomic E-state index is 12.3. The van der Waals surface area contributed by atoms with Crippen molar-refractivity contribution in [2.24, 2.45) is 0 Å². The first-order valence-corrected chi connectivity index (χ1v) is 11.0. The van der Waals surface area contributed by atoms with Crippen LogP contribution in [0.3, 0.4) is 0 Å². The number of esters is 1. The van der Waals surface area contributed by atoms with Crippen molar-refractivity contribution in [3.05, 3.63) is 58.1 Å². The van der Waals surface area contributed by atoms with E-state index in [0.29, 0.717) is 5.75 Å². The molecule has 0 aliphatic heterocycles. The van der Waals surface area contributed by atoms with Gasteiger partial charge in [-0.3, -0.25) is 19.7 Å². The Morgan fingerprint density at radius 2 is 1.61 bits per heavy atom. The van der Waals surface area contributed by atoms with Crippen LogP contribution in [0.25, 0.3) is 0 Å². The molecule has 12 heteroatoms. The van der Waals surface area contributed by atoms with E-state index in [0.717, 1.165) is 0 Å². The first-order valence-electron chi connectivity index (χ1n) is 8.71. The highest BCUT2D eigenvalue weighted by Crippen LogP contribution is 2.28. The number of imide groups is 1. The fraction of sp³-hybridized carbons (Fsp3) is 0.211. The summed E-state index contributed by atoms with van der Waals surface area (Å²) in [5.74, 6) is -1.81. The molecule has 0 spiro atoms. The van der Waals surface area contributed by atoms with Crippen LogP contribution in [0.2, 0.25) is 10.0 Å². The van der Waals surface area contributed by atoms with Crippen LogP contribution in [-0.4, -0.2) is 46.5 Å². The zero-order chi connectivity index (χ0) is 23.0. The highest BCUT2D eigenvalue weighted by molar-refractivity contribution is 7.89. The van der Waals surface area contributed by atoms with Crippen molar-refractivity contribution < 1.29 is 32.3 Å². The third kappa shape index (κ3) is 7.21. The minimum absolute atomic E-state index is 0.0687. The van der Waals surface area contributed by atoms with E-state index in [1.165, 1.54) is 37.4 Å². The summed E-state index contributed by atoms with van der Waals surface area (Å²) >= 11 is 11.7. The minimum atomic E-state index is -4.05. The van der Waals surface area contributed by atoms with Crippen molar-refractivity contribution in [2.45, 2.75) is 11.3 Å². The van der Waals surface area contributed by atoms with Gasteiger partial charge in [0.1, 0.15) is 10.6 Å². The summed E-state index contributed by atoms with van der Waals surface area (Å²) in [7, 11) is -2.58. The molecular formula is C19H18Cl2N2O7S. The van der Waals surface area contributed by atoms with Gasteiger partial charge in [0.15, 0.2) is 6.61 Å². The fourth-order valence-corrected chi connectivity index (χ4v) is 4.47. The van der Waals surface area contributed by atoms with E-state index in [4.69, 9.17) is 32.7 Å². The predicted molar refractivity (Wildman–Crippen MR) is 113 cm³/mol. The van der Waals surface area contributed by atoms with E-state index in [9.17, 15) is 22.8 Å². The van der Waals surface area contributed by atoms with Gasteiger partial charge in [0.25, 0.3) is 11.8 Å². The maximum atomic E-state index is 12.3. The topological polar surface area (TPSA) is 128 Å². The van der Waals surface area contributed by atoms with Crippen molar-refractivity contribution in [1.29, 1.82) is 0 Å². The number of carbonyl (C=O) groups is 3. The highest BCUT2D eigenvalue weighted by Gasteiger charge is 2.21. The van der Waals surface area contributed by atoms with Crippen LogP contribution in [0.4, 0.5) is 0 Å². The van der Waals surface area contributed by atoms with Crippen LogP contribution in [0, 0.1) is 0 Å². The second kappa shape index (κ2) is 11.1. The van der Waals surface area contributed by atoms with Crippen molar-refractivity contribution >= 4 is 51.0 Å². The smallest absolute Gasteiger partial charge is 0.307 e. The Kier molecular flexibility index (Phi) is 8.81. The Morgan fingerprint density at radius 3 is 2.19 bits per heavy atom. The molecule has 166 valence electrons. The zero-order valence-corrected chi connectivity index (χ0v) is 18.5. The van der Waals surface area contributed by atoms with Crippen molar-refractivity contribution in [3.8, 4) is 5.75 Å². The van der Waals surface area contributed by atoms with Gasteiger partial charge in [-0.2, -0.15) is 0 Å². The number of sulfonamides is 1. The number of methoxy groups -OCH3 is 1. The van der Waals surface area contributed by atoms with Crippen LogP contribution >= 0.6 is 23.2 Å². The molecule has 0 fully saturated rings. The number of hydrogen-bond acceptors (Lipinski definition) is 7. The van der Waals surface area contributed by atoms with Gasteiger partial charge in [-0.25, -0.2) is 13.1 Å². The molecule has 2 aromatic carbocycles. The number of ether oxygens (including phenoxy) is 2. The third-order valence-corrected chi connectivity index (χ3v) is 6.19. The Balaban J connectivity index is 1.77. The van der Waals surface area contributed by atoms with E-state index in [2.05, 4.69) is 10.0 Å². The highest BCUT2D eigenvalue weighted by atomic mass is 35.5. The average molecular weight is 489 g/mol. The lowest BCUT2D eigenvalue weighted by Crippen LogP contribution is -2.34. The minimum Gasteiger partial charge on any atom is -0.497 e. The van der Waals surface area contributed by atoms with Gasteiger partial charge in [-0.05, 0) is 36.4 Å². The molecular weight excluding hydrogens is 471 g/mol. The molecule has 0 aliphatic rings. The molecule has 0 aromatic heterocycles.